The molecule has 0 aromatic heterocycles. The molecule has 1 aliphatic rings. The fourth-order valence-corrected chi connectivity index (χ4v) is 2.13. The Hall–Kier alpha value is -0.516. The number of alkyl halides is 2. The van der Waals surface area contributed by atoms with Crippen molar-refractivity contribution < 1.29 is 46.2 Å². The monoisotopic (exact) mass is 429 g/mol. The molecule has 2 nitrogen and oxygen atoms in total. The van der Waals surface area contributed by atoms with Crippen molar-refractivity contribution in [2.45, 2.75) is 6.43 Å². The molecule has 2 rings (SSSR count). The van der Waals surface area contributed by atoms with E-state index in [4.69, 9.17) is 4.74 Å². The van der Waals surface area contributed by atoms with E-state index in [1.807, 2.05) is 11.9 Å². The summed E-state index contributed by atoms with van der Waals surface area (Å²) in [7, 11) is 1.89. The maximum absolute atomic E-state index is 12.1. The van der Waals surface area contributed by atoms with Gasteiger partial charge in [0.1, 0.15) is 12.4 Å². The Kier molecular flexibility index (Phi) is 7.24. The Morgan fingerprint density at radius 3 is 2.52 bits per heavy atom. The van der Waals surface area contributed by atoms with Gasteiger partial charge in [0, 0.05) is 39.8 Å². The van der Waals surface area contributed by atoms with Crippen LogP contribution in [0.25, 0.3) is 5.70 Å². The maximum atomic E-state index is 12.1. The zero-order valence-corrected chi connectivity index (χ0v) is 15.9. The fourth-order valence-electron chi connectivity index (χ4n) is 1.75. The molecule has 1 aromatic carbocycles. The molecular weight excluding hydrogens is 417 g/mol. The fraction of sp³-hybridized carbons (Fsp3) is 0.200. The molecule has 0 N–H and O–H groups in total. The molecule has 21 heavy (non-hydrogen) atoms. The van der Waals surface area contributed by atoms with Gasteiger partial charge in [-0.15, -0.1) is 28.1 Å². The van der Waals surface area contributed by atoms with Crippen molar-refractivity contribution >= 4 is 21.6 Å². The molecular formula is C15H13BrF2NOY-. The van der Waals surface area contributed by atoms with Gasteiger partial charge in [0.2, 0.25) is 0 Å². The standard InChI is InChI=1S/C15H13BrF2NO.Y/c1-10-13(16)7-8-14(19(10)2)11-3-5-12(6-4-11)20-9-15(17)18;/h3-7,15H,1,9H2,2H3;/q-1;. The maximum Gasteiger partial charge on any atom is 0.272 e. The molecule has 1 heterocycles. The number of halogens is 3. The van der Waals surface area contributed by atoms with Crippen LogP contribution in [0, 0.1) is 6.08 Å². The minimum atomic E-state index is -2.47. The summed E-state index contributed by atoms with van der Waals surface area (Å²) < 4.78 is 29.9. The van der Waals surface area contributed by atoms with Crippen molar-refractivity contribution in [3.8, 4) is 5.75 Å². The van der Waals surface area contributed by atoms with Crippen molar-refractivity contribution in [1.82, 2.24) is 4.90 Å². The Bertz CT molecular complexity index is 570. The molecule has 1 radical (unpaired) electrons. The third kappa shape index (κ3) is 4.73. The summed E-state index contributed by atoms with van der Waals surface area (Å²) in [6, 6.07) is 6.94. The minimum Gasteiger partial charge on any atom is -0.488 e. The molecule has 6 heteroatoms. The van der Waals surface area contributed by atoms with Gasteiger partial charge in [-0.25, -0.2) is 8.78 Å². The smallest absolute Gasteiger partial charge is 0.272 e. The zero-order valence-electron chi connectivity index (χ0n) is 11.4. The summed E-state index contributed by atoms with van der Waals surface area (Å²) >= 11 is 3.39. The summed E-state index contributed by atoms with van der Waals surface area (Å²) in [5, 5.41) is 0. The Balaban J connectivity index is 0.00000220. The molecule has 0 fully saturated rings. The number of benzene rings is 1. The average molecular weight is 430 g/mol. The summed E-state index contributed by atoms with van der Waals surface area (Å²) in [5.74, 6) is 0.420. The summed E-state index contributed by atoms with van der Waals surface area (Å²) in [6.07, 6.45) is 2.48. The van der Waals surface area contributed by atoms with Crippen LogP contribution in [0.4, 0.5) is 8.78 Å². The largest absolute Gasteiger partial charge is 0.488 e. The predicted molar refractivity (Wildman–Crippen MR) is 78.5 cm³/mol. The zero-order chi connectivity index (χ0) is 14.7. The molecule has 0 amide bonds. The van der Waals surface area contributed by atoms with Crippen LogP contribution in [0.1, 0.15) is 5.56 Å². The van der Waals surface area contributed by atoms with Crippen LogP contribution in [0.5, 0.6) is 5.75 Å². The van der Waals surface area contributed by atoms with E-state index in [-0.39, 0.29) is 32.7 Å². The molecule has 1 aliphatic heterocycles. The third-order valence-electron chi connectivity index (χ3n) is 2.86. The molecule has 0 bridgehead atoms. The molecule has 109 valence electrons. The minimum absolute atomic E-state index is 0. The van der Waals surface area contributed by atoms with Crippen LogP contribution in [0.15, 0.2) is 47.1 Å². The van der Waals surface area contributed by atoms with Gasteiger partial charge in [-0.2, -0.15) is 12.2 Å². The van der Waals surface area contributed by atoms with Crippen LogP contribution in [-0.2, 0) is 32.7 Å². The van der Waals surface area contributed by atoms with Gasteiger partial charge in [-0.1, -0.05) is 22.3 Å². The van der Waals surface area contributed by atoms with Gasteiger partial charge in [-0.05, 0) is 17.8 Å². The predicted octanol–water partition coefficient (Wildman–Crippen LogP) is 4.21. The molecule has 1 aromatic rings. The van der Waals surface area contributed by atoms with Crippen LogP contribution in [0.2, 0.25) is 0 Å². The van der Waals surface area contributed by atoms with Gasteiger partial charge in [0.25, 0.3) is 6.43 Å². The van der Waals surface area contributed by atoms with E-state index in [0.29, 0.717) is 5.75 Å². The molecule has 0 aliphatic carbocycles. The van der Waals surface area contributed by atoms with Gasteiger partial charge >= 0.3 is 0 Å². The van der Waals surface area contributed by atoms with Crippen molar-refractivity contribution in [2.24, 2.45) is 0 Å². The van der Waals surface area contributed by atoms with Gasteiger partial charge in [0.05, 0.1) is 0 Å². The van der Waals surface area contributed by atoms with Crippen LogP contribution in [0.3, 0.4) is 0 Å². The van der Waals surface area contributed by atoms with E-state index >= 15 is 0 Å². The van der Waals surface area contributed by atoms with E-state index in [2.05, 4.69) is 28.6 Å². The Morgan fingerprint density at radius 2 is 1.95 bits per heavy atom. The van der Waals surface area contributed by atoms with Crippen molar-refractivity contribution in [3.05, 3.63) is 58.7 Å². The average Bonchev–Trinajstić information content (AvgIpc) is 2.43. The first-order valence-corrected chi connectivity index (χ1v) is 6.72. The van der Waals surface area contributed by atoms with E-state index in [9.17, 15) is 8.78 Å². The van der Waals surface area contributed by atoms with Crippen molar-refractivity contribution in [2.75, 3.05) is 13.7 Å². The number of allylic oxidation sites excluding steroid dienone is 3. The van der Waals surface area contributed by atoms with Gasteiger partial charge < -0.3 is 9.64 Å². The first-order chi connectivity index (χ1) is 9.49. The summed E-state index contributed by atoms with van der Waals surface area (Å²) in [5.41, 5.74) is 2.60. The van der Waals surface area contributed by atoms with E-state index < -0.39 is 13.0 Å². The number of likely N-dealkylation sites (N-methyl/N-ethyl adjacent to an activating group) is 1. The number of hydrogen-bond donors (Lipinski definition) is 0. The summed E-state index contributed by atoms with van der Waals surface area (Å²) in [4.78, 5) is 1.90. The second-order valence-corrected chi connectivity index (χ2v) is 5.07. The number of nitrogens with zero attached hydrogens (tertiary/aromatic N) is 1. The van der Waals surface area contributed by atoms with Gasteiger partial charge in [-0.3, -0.25) is 0 Å². The number of hydrogen-bond acceptors (Lipinski definition) is 2. The van der Waals surface area contributed by atoms with E-state index in [1.54, 1.807) is 30.3 Å². The SMILES string of the molecule is C=C1C(Br)=C[C-]=C(c2ccc(OCC(F)F)cc2)N1C.[Y]. The topological polar surface area (TPSA) is 12.5 Å². The first kappa shape index (κ1) is 18.5. The summed E-state index contributed by atoms with van der Waals surface area (Å²) in [6.45, 7) is 3.36. The molecule has 0 atom stereocenters. The molecule has 0 spiro atoms. The van der Waals surface area contributed by atoms with Crippen LogP contribution in [-0.4, -0.2) is 25.0 Å². The Labute approximate surface area is 156 Å². The molecule has 0 saturated carbocycles. The number of ether oxygens (including phenoxy) is 1. The third-order valence-corrected chi connectivity index (χ3v) is 3.54. The van der Waals surface area contributed by atoms with Gasteiger partial charge in [0.15, 0.2) is 0 Å². The Morgan fingerprint density at radius 1 is 1.33 bits per heavy atom. The number of rotatable bonds is 4. The first-order valence-electron chi connectivity index (χ1n) is 5.92. The second kappa shape index (κ2) is 8.20. The van der Waals surface area contributed by atoms with E-state index in [1.165, 1.54) is 0 Å². The normalized spacial score (nSPS) is 14.5. The van der Waals surface area contributed by atoms with Crippen LogP contribution < -0.4 is 4.74 Å². The molecule has 0 unspecified atom stereocenters. The van der Waals surface area contributed by atoms with Crippen molar-refractivity contribution in [3.63, 3.8) is 0 Å². The second-order valence-electron chi connectivity index (χ2n) is 4.22. The quantitative estimate of drug-likeness (QED) is 0.664. The van der Waals surface area contributed by atoms with E-state index in [0.717, 1.165) is 21.4 Å². The van der Waals surface area contributed by atoms with Crippen molar-refractivity contribution in [1.29, 1.82) is 0 Å². The molecule has 0 saturated heterocycles. The van der Waals surface area contributed by atoms with Crippen LogP contribution >= 0.6 is 15.9 Å².